The van der Waals surface area contributed by atoms with E-state index in [1.54, 1.807) is 19.2 Å². The number of aromatic nitrogens is 1. The van der Waals surface area contributed by atoms with Gasteiger partial charge in [-0.15, -0.1) is 0 Å². The van der Waals surface area contributed by atoms with Gasteiger partial charge < -0.3 is 10.4 Å². The molecule has 104 valence electrons. The number of pyridine rings is 1. The van der Waals surface area contributed by atoms with Crippen LogP contribution in [0.1, 0.15) is 31.2 Å². The summed E-state index contributed by atoms with van der Waals surface area (Å²) < 4.78 is 0. The Labute approximate surface area is 112 Å². The fourth-order valence-electron chi connectivity index (χ4n) is 2.68. The van der Waals surface area contributed by atoms with Crippen LogP contribution < -0.4 is 5.32 Å². The Morgan fingerprint density at radius 2 is 2.26 bits per heavy atom. The topological polar surface area (TPSA) is 88.3 Å². The summed E-state index contributed by atoms with van der Waals surface area (Å²) in [6.45, 7) is 1.81. The number of hydrogen-bond acceptors (Lipinski definition) is 5. The summed E-state index contributed by atoms with van der Waals surface area (Å²) in [5.41, 5.74) is 0.628. The Bertz CT molecular complexity index is 464. The molecule has 2 N–H and O–H groups in total. The molecule has 1 aliphatic rings. The molecule has 1 fully saturated rings. The molecule has 2 unspecified atom stereocenters. The van der Waals surface area contributed by atoms with Crippen molar-refractivity contribution in [3.63, 3.8) is 0 Å². The summed E-state index contributed by atoms with van der Waals surface area (Å²) in [7, 11) is 0. The molecule has 19 heavy (non-hydrogen) atoms. The van der Waals surface area contributed by atoms with Gasteiger partial charge in [0.25, 0.3) is 0 Å². The Balaban J connectivity index is 2.22. The second-order valence-electron chi connectivity index (χ2n) is 5.06. The second-order valence-corrected chi connectivity index (χ2v) is 5.06. The number of nitro groups is 1. The van der Waals surface area contributed by atoms with Crippen LogP contribution in [0.3, 0.4) is 0 Å². The van der Waals surface area contributed by atoms with E-state index in [1.165, 1.54) is 0 Å². The first-order valence-electron chi connectivity index (χ1n) is 6.61. The third-order valence-corrected chi connectivity index (χ3v) is 3.77. The summed E-state index contributed by atoms with van der Waals surface area (Å²) in [5.74, 6) is 0.464. The molecule has 0 amide bonds. The van der Waals surface area contributed by atoms with Gasteiger partial charge in [0.15, 0.2) is 0 Å². The SMILES string of the molecule is Cc1ccnc(NC2CCCCC2CO)c1[N+](=O)[O-]. The van der Waals surface area contributed by atoms with E-state index in [0.29, 0.717) is 11.4 Å². The molecule has 0 radical (unpaired) electrons. The van der Waals surface area contributed by atoms with Crippen LogP contribution in [0.15, 0.2) is 12.3 Å². The Kier molecular flexibility index (Phi) is 4.31. The van der Waals surface area contributed by atoms with Gasteiger partial charge in [0.1, 0.15) is 0 Å². The van der Waals surface area contributed by atoms with E-state index in [4.69, 9.17) is 0 Å². The Morgan fingerprint density at radius 3 is 2.95 bits per heavy atom. The van der Waals surface area contributed by atoms with E-state index in [1.807, 2.05) is 0 Å². The molecule has 1 saturated carbocycles. The predicted molar refractivity (Wildman–Crippen MR) is 72.1 cm³/mol. The van der Waals surface area contributed by atoms with E-state index in [-0.39, 0.29) is 24.3 Å². The van der Waals surface area contributed by atoms with Gasteiger partial charge in [-0.1, -0.05) is 12.8 Å². The number of hydrogen-bond donors (Lipinski definition) is 2. The smallest absolute Gasteiger partial charge is 0.314 e. The highest BCUT2D eigenvalue weighted by Gasteiger charge is 2.27. The fraction of sp³-hybridized carbons (Fsp3) is 0.615. The molecule has 1 aromatic rings. The van der Waals surface area contributed by atoms with Crippen molar-refractivity contribution in [2.75, 3.05) is 11.9 Å². The maximum atomic E-state index is 11.1. The molecule has 2 rings (SSSR count). The van der Waals surface area contributed by atoms with Crippen LogP contribution in [-0.2, 0) is 0 Å². The Morgan fingerprint density at radius 1 is 1.53 bits per heavy atom. The third kappa shape index (κ3) is 3.01. The minimum Gasteiger partial charge on any atom is -0.396 e. The van der Waals surface area contributed by atoms with Crippen LogP contribution in [0.5, 0.6) is 0 Å². The van der Waals surface area contributed by atoms with Gasteiger partial charge in [0, 0.05) is 30.3 Å². The molecule has 1 heterocycles. The molecule has 0 bridgehead atoms. The lowest BCUT2D eigenvalue weighted by Gasteiger charge is -2.31. The highest BCUT2D eigenvalue weighted by Crippen LogP contribution is 2.31. The van der Waals surface area contributed by atoms with E-state index < -0.39 is 4.92 Å². The first kappa shape index (κ1) is 13.7. The number of aliphatic hydroxyl groups is 1. The molecule has 1 aliphatic carbocycles. The van der Waals surface area contributed by atoms with Gasteiger partial charge in [-0.25, -0.2) is 4.98 Å². The number of nitrogens with one attached hydrogen (secondary N) is 1. The quantitative estimate of drug-likeness (QED) is 0.644. The molecular formula is C13H19N3O3. The average molecular weight is 265 g/mol. The van der Waals surface area contributed by atoms with Crippen LogP contribution in [0.4, 0.5) is 11.5 Å². The van der Waals surface area contributed by atoms with Crippen LogP contribution in [0, 0.1) is 23.0 Å². The van der Waals surface area contributed by atoms with Crippen molar-refractivity contribution in [1.82, 2.24) is 4.98 Å². The van der Waals surface area contributed by atoms with Crippen molar-refractivity contribution >= 4 is 11.5 Å². The number of anilines is 1. The molecular weight excluding hydrogens is 246 g/mol. The summed E-state index contributed by atoms with van der Waals surface area (Å²) in [6, 6.07) is 1.69. The lowest BCUT2D eigenvalue weighted by atomic mass is 9.85. The number of aliphatic hydroxyl groups excluding tert-OH is 1. The normalized spacial score (nSPS) is 23.1. The van der Waals surface area contributed by atoms with Crippen molar-refractivity contribution in [3.05, 3.63) is 27.9 Å². The molecule has 6 heteroatoms. The third-order valence-electron chi connectivity index (χ3n) is 3.77. The molecule has 6 nitrogen and oxygen atoms in total. The minimum absolute atomic E-state index is 0.0322. The molecule has 0 saturated heterocycles. The zero-order chi connectivity index (χ0) is 13.8. The number of aryl methyl sites for hydroxylation is 1. The number of rotatable bonds is 4. The first-order valence-corrected chi connectivity index (χ1v) is 6.61. The first-order chi connectivity index (χ1) is 9.13. The molecule has 0 aliphatic heterocycles. The van der Waals surface area contributed by atoms with E-state index >= 15 is 0 Å². The summed E-state index contributed by atoms with van der Waals surface area (Å²) in [5, 5.41) is 23.6. The lowest BCUT2D eigenvalue weighted by molar-refractivity contribution is -0.384. The minimum atomic E-state index is -0.401. The predicted octanol–water partition coefficient (Wildman–Crippen LogP) is 2.26. The summed E-state index contributed by atoms with van der Waals surface area (Å²) in [6.07, 6.45) is 5.62. The Hall–Kier alpha value is -1.69. The number of nitrogens with zero attached hydrogens (tertiary/aromatic N) is 2. The van der Waals surface area contributed by atoms with Gasteiger partial charge in [0.05, 0.1) is 4.92 Å². The summed E-state index contributed by atoms with van der Waals surface area (Å²) >= 11 is 0. The highest BCUT2D eigenvalue weighted by atomic mass is 16.6. The standard InChI is InChI=1S/C13H19N3O3/c1-9-6-7-14-13(12(9)16(18)19)15-11-5-3-2-4-10(11)8-17/h6-7,10-11,17H,2-5,8H2,1H3,(H,14,15). The van der Waals surface area contributed by atoms with Gasteiger partial charge in [-0.2, -0.15) is 0 Å². The average Bonchev–Trinajstić information content (AvgIpc) is 2.39. The summed E-state index contributed by atoms with van der Waals surface area (Å²) in [4.78, 5) is 14.8. The monoisotopic (exact) mass is 265 g/mol. The van der Waals surface area contributed by atoms with Crippen molar-refractivity contribution in [2.45, 2.75) is 38.6 Å². The molecule has 2 atom stereocenters. The van der Waals surface area contributed by atoms with E-state index in [0.717, 1.165) is 25.7 Å². The van der Waals surface area contributed by atoms with E-state index in [2.05, 4.69) is 10.3 Å². The van der Waals surface area contributed by atoms with Gasteiger partial charge in [-0.3, -0.25) is 10.1 Å². The zero-order valence-corrected chi connectivity index (χ0v) is 11.0. The van der Waals surface area contributed by atoms with Crippen molar-refractivity contribution in [3.8, 4) is 0 Å². The van der Waals surface area contributed by atoms with Crippen LogP contribution in [0.2, 0.25) is 0 Å². The lowest BCUT2D eigenvalue weighted by Crippen LogP contribution is -2.34. The van der Waals surface area contributed by atoms with Crippen LogP contribution in [0.25, 0.3) is 0 Å². The fourth-order valence-corrected chi connectivity index (χ4v) is 2.68. The van der Waals surface area contributed by atoms with Gasteiger partial charge >= 0.3 is 5.69 Å². The van der Waals surface area contributed by atoms with Crippen molar-refractivity contribution in [2.24, 2.45) is 5.92 Å². The highest BCUT2D eigenvalue weighted by molar-refractivity contribution is 5.60. The second kappa shape index (κ2) is 5.97. The zero-order valence-electron chi connectivity index (χ0n) is 11.0. The van der Waals surface area contributed by atoms with Crippen LogP contribution in [-0.4, -0.2) is 27.7 Å². The molecule has 1 aromatic heterocycles. The van der Waals surface area contributed by atoms with Gasteiger partial charge in [0.2, 0.25) is 5.82 Å². The van der Waals surface area contributed by atoms with Gasteiger partial charge in [-0.05, 0) is 25.8 Å². The maximum Gasteiger partial charge on any atom is 0.314 e. The molecule has 0 spiro atoms. The largest absolute Gasteiger partial charge is 0.396 e. The van der Waals surface area contributed by atoms with Crippen LogP contribution >= 0.6 is 0 Å². The molecule has 0 aromatic carbocycles. The van der Waals surface area contributed by atoms with Crippen molar-refractivity contribution in [1.29, 1.82) is 0 Å². The van der Waals surface area contributed by atoms with E-state index in [9.17, 15) is 15.2 Å². The maximum absolute atomic E-state index is 11.1. The van der Waals surface area contributed by atoms with Crippen molar-refractivity contribution < 1.29 is 10.0 Å².